The highest BCUT2D eigenvalue weighted by molar-refractivity contribution is 5.88. The Morgan fingerprint density at radius 3 is 2.76 bits per heavy atom. The van der Waals surface area contributed by atoms with E-state index in [0.29, 0.717) is 66.6 Å². The first-order valence-corrected chi connectivity index (χ1v) is 11.1. The predicted octanol–water partition coefficient (Wildman–Crippen LogP) is 3.32. The SMILES string of the molecule is Fc1cc(-c2cc3nccnc3c(NC[C@H]3CNCCC3(F)F)n2)ccc1N1CCOCC1. The van der Waals surface area contributed by atoms with Gasteiger partial charge in [0.25, 0.3) is 5.92 Å². The summed E-state index contributed by atoms with van der Waals surface area (Å²) in [5.41, 5.74) is 2.62. The molecule has 2 N–H and O–H groups in total. The second-order valence-electron chi connectivity index (χ2n) is 8.34. The minimum atomic E-state index is -2.75. The van der Waals surface area contributed by atoms with Gasteiger partial charge in [-0.25, -0.2) is 23.1 Å². The summed E-state index contributed by atoms with van der Waals surface area (Å²) in [6.07, 6.45) is 2.89. The van der Waals surface area contributed by atoms with E-state index in [0.717, 1.165) is 0 Å². The van der Waals surface area contributed by atoms with Crippen LogP contribution in [0.1, 0.15) is 6.42 Å². The van der Waals surface area contributed by atoms with E-state index in [-0.39, 0.29) is 25.3 Å². The number of nitrogens with one attached hydrogen (secondary N) is 2. The van der Waals surface area contributed by atoms with Crippen LogP contribution < -0.4 is 15.5 Å². The lowest BCUT2D eigenvalue weighted by Crippen LogP contribution is -2.47. The van der Waals surface area contributed by atoms with Crippen LogP contribution in [0.4, 0.5) is 24.7 Å². The normalized spacial score (nSPS) is 20.7. The Hall–Kier alpha value is -2.98. The summed E-state index contributed by atoms with van der Waals surface area (Å²) in [5.74, 6) is -3.61. The van der Waals surface area contributed by atoms with Crippen LogP contribution in [0, 0.1) is 11.7 Å². The number of alkyl halides is 2. The van der Waals surface area contributed by atoms with Gasteiger partial charge >= 0.3 is 0 Å². The minimum Gasteiger partial charge on any atom is -0.378 e. The second kappa shape index (κ2) is 9.11. The van der Waals surface area contributed by atoms with Crippen molar-refractivity contribution in [1.29, 1.82) is 0 Å². The first-order chi connectivity index (χ1) is 16.0. The Morgan fingerprint density at radius 2 is 1.97 bits per heavy atom. The zero-order valence-corrected chi connectivity index (χ0v) is 18.0. The molecule has 0 radical (unpaired) electrons. The lowest BCUT2D eigenvalue weighted by atomic mass is 9.95. The summed E-state index contributed by atoms with van der Waals surface area (Å²) in [4.78, 5) is 15.2. The molecule has 0 spiro atoms. The van der Waals surface area contributed by atoms with Crippen molar-refractivity contribution in [2.45, 2.75) is 12.3 Å². The molecule has 0 bridgehead atoms. The van der Waals surface area contributed by atoms with Crippen molar-refractivity contribution in [3.63, 3.8) is 0 Å². The maximum absolute atomic E-state index is 15.0. The largest absolute Gasteiger partial charge is 0.378 e. The number of halogens is 3. The molecular weight excluding hydrogens is 433 g/mol. The molecule has 1 atom stereocenters. The van der Waals surface area contributed by atoms with Crippen LogP contribution in [-0.4, -0.2) is 66.8 Å². The van der Waals surface area contributed by atoms with E-state index in [9.17, 15) is 13.2 Å². The summed E-state index contributed by atoms with van der Waals surface area (Å²) in [6, 6.07) is 6.72. The van der Waals surface area contributed by atoms with Crippen LogP contribution in [0.25, 0.3) is 22.3 Å². The van der Waals surface area contributed by atoms with Crippen LogP contribution in [0.5, 0.6) is 0 Å². The number of piperidine rings is 1. The minimum absolute atomic E-state index is 0.0342. The molecule has 0 saturated carbocycles. The first-order valence-electron chi connectivity index (χ1n) is 11.1. The predicted molar refractivity (Wildman–Crippen MR) is 120 cm³/mol. The van der Waals surface area contributed by atoms with Crippen molar-refractivity contribution >= 4 is 22.5 Å². The Kier molecular flexibility index (Phi) is 6.03. The molecule has 33 heavy (non-hydrogen) atoms. The molecule has 4 heterocycles. The number of pyridine rings is 1. The third kappa shape index (κ3) is 4.58. The quantitative estimate of drug-likeness (QED) is 0.608. The molecule has 10 heteroatoms. The fraction of sp³-hybridized carbons (Fsp3) is 0.435. The molecule has 3 aromatic rings. The van der Waals surface area contributed by atoms with E-state index >= 15 is 0 Å². The number of hydrogen-bond donors (Lipinski definition) is 2. The summed E-state index contributed by atoms with van der Waals surface area (Å²) in [6.45, 7) is 2.96. The van der Waals surface area contributed by atoms with Gasteiger partial charge in [0.2, 0.25) is 0 Å². The highest BCUT2D eigenvalue weighted by Crippen LogP contribution is 2.32. The van der Waals surface area contributed by atoms with Gasteiger partial charge in [-0.2, -0.15) is 0 Å². The average Bonchev–Trinajstić information content (AvgIpc) is 2.83. The molecule has 0 aliphatic carbocycles. The molecule has 2 aliphatic rings. The maximum Gasteiger partial charge on any atom is 0.255 e. The summed E-state index contributed by atoms with van der Waals surface area (Å²) in [7, 11) is 0. The molecule has 7 nitrogen and oxygen atoms in total. The number of aromatic nitrogens is 3. The van der Waals surface area contributed by atoms with E-state index in [2.05, 4.69) is 25.6 Å². The highest BCUT2D eigenvalue weighted by atomic mass is 19.3. The fourth-order valence-corrected chi connectivity index (χ4v) is 4.30. The van der Waals surface area contributed by atoms with Crippen molar-refractivity contribution in [1.82, 2.24) is 20.3 Å². The average molecular weight is 458 g/mol. The van der Waals surface area contributed by atoms with Crippen LogP contribution in [-0.2, 0) is 4.74 Å². The van der Waals surface area contributed by atoms with Crippen molar-refractivity contribution in [3.05, 3.63) is 42.5 Å². The Balaban J connectivity index is 1.45. The Bertz CT molecular complexity index is 1140. The van der Waals surface area contributed by atoms with Gasteiger partial charge in [-0.1, -0.05) is 6.07 Å². The number of rotatable bonds is 5. The van der Waals surface area contributed by atoms with Gasteiger partial charge in [0, 0.05) is 57.1 Å². The molecule has 2 aromatic heterocycles. The molecule has 2 saturated heterocycles. The molecule has 1 aromatic carbocycles. The first kappa shape index (κ1) is 21.8. The number of hydrogen-bond acceptors (Lipinski definition) is 7. The maximum atomic E-state index is 15.0. The van der Waals surface area contributed by atoms with Gasteiger partial charge in [-0.05, 0) is 18.2 Å². The van der Waals surface area contributed by atoms with Crippen molar-refractivity contribution < 1.29 is 17.9 Å². The molecule has 0 unspecified atom stereocenters. The van der Waals surface area contributed by atoms with E-state index in [1.807, 2.05) is 4.90 Å². The fourth-order valence-electron chi connectivity index (χ4n) is 4.30. The number of anilines is 2. The van der Waals surface area contributed by atoms with Gasteiger partial charge in [-0.3, -0.25) is 4.98 Å². The molecule has 5 rings (SSSR count). The summed E-state index contributed by atoms with van der Waals surface area (Å²) >= 11 is 0. The van der Waals surface area contributed by atoms with E-state index in [1.54, 1.807) is 24.4 Å². The van der Waals surface area contributed by atoms with Crippen LogP contribution in [0.2, 0.25) is 0 Å². The second-order valence-corrected chi connectivity index (χ2v) is 8.34. The number of fused-ring (bicyclic) bond motifs is 1. The third-order valence-corrected chi connectivity index (χ3v) is 6.19. The van der Waals surface area contributed by atoms with Gasteiger partial charge in [0.1, 0.15) is 11.3 Å². The van der Waals surface area contributed by atoms with Gasteiger partial charge in [0.15, 0.2) is 5.82 Å². The Morgan fingerprint density at radius 1 is 1.15 bits per heavy atom. The highest BCUT2D eigenvalue weighted by Gasteiger charge is 2.41. The van der Waals surface area contributed by atoms with Gasteiger partial charge in [0.05, 0.1) is 36.0 Å². The lowest BCUT2D eigenvalue weighted by Gasteiger charge is -2.32. The number of nitrogens with zero attached hydrogens (tertiary/aromatic N) is 4. The van der Waals surface area contributed by atoms with Gasteiger partial charge in [-0.15, -0.1) is 0 Å². The van der Waals surface area contributed by atoms with Crippen molar-refractivity contribution in [3.8, 4) is 11.3 Å². The topological polar surface area (TPSA) is 75.2 Å². The molecule has 0 amide bonds. The zero-order valence-electron chi connectivity index (χ0n) is 18.0. The van der Waals surface area contributed by atoms with E-state index in [1.165, 1.54) is 12.3 Å². The van der Waals surface area contributed by atoms with Crippen LogP contribution in [0.3, 0.4) is 0 Å². The molecule has 174 valence electrons. The lowest BCUT2D eigenvalue weighted by molar-refractivity contribution is -0.0728. The molecular formula is C23H25F3N6O. The summed E-state index contributed by atoms with van der Waals surface area (Å²) < 4.78 is 48.9. The van der Waals surface area contributed by atoms with E-state index in [4.69, 9.17) is 4.74 Å². The standard InChI is InChI=1S/C23H25F3N6O/c24-17-11-15(1-2-20(17)32-7-9-33-10-8-32)18-12-19-21(29-6-5-28-19)22(31-18)30-14-16-13-27-4-3-23(16,25)26/h1-2,5-6,11-12,16,27H,3-4,7-10,13-14H2,(H,30,31)/t16-/m1/s1. The van der Waals surface area contributed by atoms with Gasteiger partial charge < -0.3 is 20.3 Å². The van der Waals surface area contributed by atoms with Crippen molar-refractivity contribution in [2.75, 3.05) is 56.2 Å². The zero-order chi connectivity index (χ0) is 22.8. The van der Waals surface area contributed by atoms with Crippen LogP contribution in [0.15, 0.2) is 36.7 Å². The molecule has 2 fully saturated rings. The van der Waals surface area contributed by atoms with Crippen LogP contribution >= 0.6 is 0 Å². The Labute approximate surface area is 189 Å². The third-order valence-electron chi connectivity index (χ3n) is 6.19. The van der Waals surface area contributed by atoms with Crippen molar-refractivity contribution in [2.24, 2.45) is 5.92 Å². The summed E-state index contributed by atoms with van der Waals surface area (Å²) in [5, 5.41) is 6.07. The molecule has 2 aliphatic heterocycles. The number of morpholine rings is 1. The van der Waals surface area contributed by atoms with E-state index < -0.39 is 11.8 Å². The monoisotopic (exact) mass is 458 g/mol. The number of benzene rings is 1. The smallest absolute Gasteiger partial charge is 0.255 e. The number of ether oxygens (including phenoxy) is 1.